The Morgan fingerprint density at radius 2 is 1.86 bits per heavy atom. The van der Waals surface area contributed by atoms with Gasteiger partial charge in [0.05, 0.1) is 24.8 Å². The minimum absolute atomic E-state index is 0.0495. The monoisotopic (exact) mass is 527 g/mol. The second-order valence-corrected chi connectivity index (χ2v) is 9.72. The van der Waals surface area contributed by atoms with Crippen molar-refractivity contribution in [3.8, 4) is 22.2 Å². The molecule has 4 aromatic rings. The maximum atomic E-state index is 12.9. The van der Waals surface area contributed by atoms with E-state index >= 15 is 0 Å². The Balaban J connectivity index is 1.52. The number of methoxy groups -OCH3 is 2. The number of thioether (sulfide) groups is 1. The van der Waals surface area contributed by atoms with Crippen LogP contribution in [0.5, 0.6) is 11.5 Å². The number of nitrogens with zero attached hydrogens (tertiary/aromatic N) is 4. The lowest BCUT2D eigenvalue weighted by Crippen LogP contribution is -2.37. The summed E-state index contributed by atoms with van der Waals surface area (Å²) < 4.78 is 12.9. The fourth-order valence-corrected chi connectivity index (χ4v) is 5.12. The number of aromatic nitrogens is 4. The lowest BCUT2D eigenvalue weighted by atomic mass is 10.1. The van der Waals surface area contributed by atoms with Crippen molar-refractivity contribution in [3.05, 3.63) is 62.1 Å². The molecule has 0 saturated carbocycles. The van der Waals surface area contributed by atoms with Crippen molar-refractivity contribution in [2.75, 3.05) is 26.5 Å². The van der Waals surface area contributed by atoms with E-state index in [1.54, 1.807) is 21.3 Å². The van der Waals surface area contributed by atoms with Gasteiger partial charge < -0.3 is 14.8 Å². The van der Waals surface area contributed by atoms with Crippen LogP contribution in [0.3, 0.4) is 0 Å². The highest BCUT2D eigenvalue weighted by Crippen LogP contribution is 2.29. The fourth-order valence-electron chi connectivity index (χ4n) is 3.62. The van der Waals surface area contributed by atoms with Crippen molar-refractivity contribution in [1.29, 1.82) is 0 Å². The Morgan fingerprint density at radius 1 is 1.08 bits per heavy atom. The molecule has 0 atom stereocenters. The van der Waals surface area contributed by atoms with Gasteiger partial charge in [-0.25, -0.2) is 14.8 Å². The number of nitrogens with one attached hydrogen (secondary N) is 1. The molecule has 0 radical (unpaired) electrons. The van der Waals surface area contributed by atoms with Gasteiger partial charge in [0.25, 0.3) is 5.56 Å². The number of carbonyl (C=O) groups is 1. The average Bonchev–Trinajstić information content (AvgIpc) is 3.44. The Hall–Kier alpha value is -3.64. The molecule has 4 rings (SSSR count). The fraction of sp³-hybridized carbons (Fsp3) is 0.292. The summed E-state index contributed by atoms with van der Waals surface area (Å²) in [5, 5.41) is 5.35. The summed E-state index contributed by atoms with van der Waals surface area (Å²) in [6.45, 7) is 0.427. The molecule has 0 spiro atoms. The summed E-state index contributed by atoms with van der Waals surface area (Å²) in [7, 11) is 6.12. The molecule has 0 aliphatic carbocycles. The second-order valence-electron chi connectivity index (χ2n) is 7.81. The normalized spacial score (nSPS) is 11.0. The van der Waals surface area contributed by atoms with E-state index in [2.05, 4.69) is 15.3 Å². The van der Waals surface area contributed by atoms with Crippen LogP contribution in [0.1, 0.15) is 5.56 Å². The van der Waals surface area contributed by atoms with Crippen molar-refractivity contribution in [2.24, 2.45) is 14.1 Å². The number of amides is 1. The van der Waals surface area contributed by atoms with Gasteiger partial charge in [0.1, 0.15) is 10.4 Å². The molecule has 36 heavy (non-hydrogen) atoms. The van der Waals surface area contributed by atoms with Crippen molar-refractivity contribution >= 4 is 40.0 Å². The van der Waals surface area contributed by atoms with Gasteiger partial charge in [-0.1, -0.05) is 23.9 Å². The molecule has 188 valence electrons. The molecule has 12 heteroatoms. The van der Waals surface area contributed by atoms with Crippen LogP contribution in [0.25, 0.3) is 21.7 Å². The van der Waals surface area contributed by atoms with Crippen LogP contribution in [-0.4, -0.2) is 51.5 Å². The number of carbonyl (C=O) groups excluding carboxylic acids is 1. The minimum Gasteiger partial charge on any atom is -0.493 e. The number of hydrogen-bond acceptors (Lipinski definition) is 9. The van der Waals surface area contributed by atoms with Gasteiger partial charge in [-0.2, -0.15) is 0 Å². The Labute approximate surface area is 214 Å². The summed E-state index contributed by atoms with van der Waals surface area (Å²) in [6, 6.07) is 9.35. The van der Waals surface area contributed by atoms with E-state index in [9.17, 15) is 14.4 Å². The van der Waals surface area contributed by atoms with Gasteiger partial charge in [-0.15, -0.1) is 11.3 Å². The molecule has 1 aromatic carbocycles. The van der Waals surface area contributed by atoms with E-state index in [1.807, 2.05) is 35.7 Å². The number of hydrogen-bond donors (Lipinski definition) is 1. The maximum Gasteiger partial charge on any atom is 0.332 e. The van der Waals surface area contributed by atoms with E-state index in [4.69, 9.17) is 9.47 Å². The number of fused-ring (bicyclic) bond motifs is 1. The van der Waals surface area contributed by atoms with Gasteiger partial charge >= 0.3 is 5.69 Å². The number of aryl methyl sites for hydroxylation is 1. The van der Waals surface area contributed by atoms with Crippen molar-refractivity contribution in [3.63, 3.8) is 0 Å². The van der Waals surface area contributed by atoms with Crippen LogP contribution in [0.2, 0.25) is 0 Å². The molecule has 0 bridgehead atoms. The summed E-state index contributed by atoms with van der Waals surface area (Å²) in [6.07, 6.45) is 0.610. The zero-order chi connectivity index (χ0) is 25.8. The molecule has 0 fully saturated rings. The minimum atomic E-state index is -0.498. The topological polar surface area (TPSA) is 117 Å². The standard InChI is InChI=1S/C24H25N5O5S2/c1-28-21-19(23(31)29(2)24(28)32)22(27-20(26-21)17-6-5-11-35-17)36-13-18(30)25-10-9-14-7-8-15(33-3)16(12-14)34-4/h5-8,11-12H,9-10,13H2,1-4H3,(H,25,30). The smallest absolute Gasteiger partial charge is 0.332 e. The number of thiophene rings is 1. The van der Waals surface area contributed by atoms with Gasteiger partial charge in [0, 0.05) is 20.6 Å². The zero-order valence-electron chi connectivity index (χ0n) is 20.2. The van der Waals surface area contributed by atoms with Crippen LogP contribution >= 0.6 is 23.1 Å². The molecule has 1 amide bonds. The first-order chi connectivity index (χ1) is 17.3. The quantitative estimate of drug-likeness (QED) is 0.260. The lowest BCUT2D eigenvalue weighted by molar-refractivity contribution is -0.118. The predicted octanol–water partition coefficient (Wildman–Crippen LogP) is 2.22. The summed E-state index contributed by atoms with van der Waals surface area (Å²) in [5.41, 5.74) is 0.250. The highest BCUT2D eigenvalue weighted by atomic mass is 32.2. The number of benzene rings is 1. The average molecular weight is 528 g/mol. The molecular formula is C24H25N5O5S2. The van der Waals surface area contributed by atoms with Gasteiger partial charge in [0.2, 0.25) is 5.91 Å². The molecule has 0 unspecified atom stereocenters. The Morgan fingerprint density at radius 3 is 2.56 bits per heavy atom. The third-order valence-corrected chi connectivity index (χ3v) is 7.37. The largest absolute Gasteiger partial charge is 0.493 e. The Bertz CT molecular complexity index is 1530. The van der Waals surface area contributed by atoms with Crippen molar-refractivity contribution in [1.82, 2.24) is 24.4 Å². The molecule has 10 nitrogen and oxygen atoms in total. The SMILES string of the molecule is COc1ccc(CCNC(=O)CSc2nc(-c3cccs3)nc3c2c(=O)n(C)c(=O)n3C)cc1OC. The first-order valence-corrected chi connectivity index (χ1v) is 12.8. The van der Waals surface area contributed by atoms with Gasteiger partial charge in [-0.05, 0) is 35.6 Å². The predicted molar refractivity (Wildman–Crippen MR) is 140 cm³/mol. The highest BCUT2D eigenvalue weighted by Gasteiger charge is 2.19. The van der Waals surface area contributed by atoms with E-state index in [-0.39, 0.29) is 22.7 Å². The highest BCUT2D eigenvalue weighted by molar-refractivity contribution is 8.00. The van der Waals surface area contributed by atoms with Crippen molar-refractivity contribution < 1.29 is 14.3 Å². The molecule has 3 aromatic heterocycles. The zero-order valence-corrected chi connectivity index (χ0v) is 21.9. The van der Waals surface area contributed by atoms with E-state index in [0.717, 1.165) is 26.8 Å². The molecule has 3 heterocycles. The number of ether oxygens (including phenoxy) is 2. The lowest BCUT2D eigenvalue weighted by Gasteiger charge is -2.12. The van der Waals surface area contributed by atoms with E-state index < -0.39 is 11.2 Å². The maximum absolute atomic E-state index is 12.9. The molecule has 0 saturated heterocycles. The summed E-state index contributed by atoms with van der Waals surface area (Å²) >= 11 is 2.59. The molecular weight excluding hydrogens is 502 g/mol. The summed E-state index contributed by atoms with van der Waals surface area (Å²) in [5.74, 6) is 1.52. The van der Waals surface area contributed by atoms with Crippen LogP contribution in [0.4, 0.5) is 0 Å². The Kier molecular flexibility index (Phi) is 7.75. The second kappa shape index (κ2) is 11.0. The van der Waals surface area contributed by atoms with Crippen LogP contribution in [0.15, 0.2) is 50.3 Å². The first-order valence-electron chi connectivity index (χ1n) is 11.0. The number of rotatable bonds is 9. The summed E-state index contributed by atoms with van der Waals surface area (Å²) in [4.78, 5) is 47.9. The first kappa shape index (κ1) is 25.5. The van der Waals surface area contributed by atoms with E-state index in [0.29, 0.717) is 35.3 Å². The van der Waals surface area contributed by atoms with Gasteiger partial charge in [0.15, 0.2) is 23.0 Å². The third kappa shape index (κ3) is 5.14. The van der Waals surface area contributed by atoms with E-state index in [1.165, 1.54) is 23.0 Å². The van der Waals surface area contributed by atoms with Crippen molar-refractivity contribution in [2.45, 2.75) is 11.4 Å². The molecule has 0 aliphatic rings. The van der Waals surface area contributed by atoms with Gasteiger partial charge in [-0.3, -0.25) is 18.7 Å². The van der Waals surface area contributed by atoms with Crippen LogP contribution < -0.4 is 26.0 Å². The van der Waals surface area contributed by atoms with Crippen LogP contribution in [-0.2, 0) is 25.3 Å². The third-order valence-electron chi connectivity index (χ3n) is 5.53. The molecule has 1 N–H and O–H groups in total. The van der Waals surface area contributed by atoms with Crippen LogP contribution in [0, 0.1) is 0 Å². The molecule has 0 aliphatic heterocycles.